The highest BCUT2D eigenvalue weighted by Gasteiger charge is 2.19. The van der Waals surface area contributed by atoms with Crippen LogP contribution in [-0.2, 0) is 11.3 Å². The Bertz CT molecular complexity index is 979. The van der Waals surface area contributed by atoms with Gasteiger partial charge in [0.05, 0.1) is 10.7 Å². The largest absolute Gasteiger partial charge is 0.355 e. The highest BCUT2D eigenvalue weighted by Crippen LogP contribution is 2.20. The fraction of sp³-hybridized carbons (Fsp3) is 0.250. The molecule has 0 saturated heterocycles. The van der Waals surface area contributed by atoms with Crippen molar-refractivity contribution in [3.05, 3.63) is 70.1 Å². The van der Waals surface area contributed by atoms with Crippen LogP contribution in [0.1, 0.15) is 19.8 Å². The van der Waals surface area contributed by atoms with E-state index >= 15 is 0 Å². The van der Waals surface area contributed by atoms with Gasteiger partial charge in [-0.1, -0.05) is 67.4 Å². The normalized spacial score (nSPS) is 10.7. The summed E-state index contributed by atoms with van der Waals surface area (Å²) in [5.41, 5.74) is 0.820. The number of hydrogen-bond acceptors (Lipinski definition) is 3. The van der Waals surface area contributed by atoms with Crippen molar-refractivity contribution in [2.24, 2.45) is 0 Å². The maximum absolute atomic E-state index is 13.0. The number of nitrogens with zero attached hydrogens (tertiary/aromatic N) is 3. The van der Waals surface area contributed by atoms with Gasteiger partial charge in [-0.3, -0.25) is 9.36 Å². The summed E-state index contributed by atoms with van der Waals surface area (Å²) >= 11 is 6.24. The molecule has 0 unspecified atom stereocenters. The van der Waals surface area contributed by atoms with Crippen molar-refractivity contribution in [3.63, 3.8) is 0 Å². The third-order valence-corrected chi connectivity index (χ3v) is 4.45. The van der Waals surface area contributed by atoms with Crippen LogP contribution in [0.5, 0.6) is 0 Å². The Morgan fingerprint density at radius 3 is 2.52 bits per heavy atom. The minimum atomic E-state index is -0.410. The van der Waals surface area contributed by atoms with Crippen LogP contribution < -0.4 is 11.0 Å². The molecule has 7 heteroatoms. The van der Waals surface area contributed by atoms with Crippen LogP contribution in [0.2, 0.25) is 5.02 Å². The van der Waals surface area contributed by atoms with Crippen molar-refractivity contribution < 1.29 is 4.79 Å². The minimum Gasteiger partial charge on any atom is -0.355 e. The van der Waals surface area contributed by atoms with Crippen LogP contribution >= 0.6 is 11.6 Å². The molecular formula is C20H21ClN4O2. The molecule has 2 aromatic carbocycles. The quantitative estimate of drug-likeness (QED) is 0.635. The molecule has 0 spiro atoms. The molecule has 1 aromatic heterocycles. The molecule has 1 heterocycles. The molecule has 0 saturated carbocycles. The number of amides is 1. The number of benzene rings is 2. The zero-order chi connectivity index (χ0) is 19.2. The molecule has 6 nitrogen and oxygen atoms in total. The maximum atomic E-state index is 13.0. The maximum Gasteiger partial charge on any atom is 0.351 e. The molecule has 0 aliphatic rings. The monoisotopic (exact) mass is 384 g/mol. The molecule has 0 aliphatic carbocycles. The minimum absolute atomic E-state index is 0.1000. The van der Waals surface area contributed by atoms with Crippen molar-refractivity contribution in [2.75, 3.05) is 6.54 Å². The van der Waals surface area contributed by atoms with Gasteiger partial charge in [-0.05, 0) is 18.6 Å². The van der Waals surface area contributed by atoms with E-state index in [0.717, 1.165) is 18.4 Å². The van der Waals surface area contributed by atoms with Crippen molar-refractivity contribution in [1.29, 1.82) is 0 Å². The summed E-state index contributed by atoms with van der Waals surface area (Å²) in [6.07, 6.45) is 1.88. The number of carbonyl (C=O) groups is 1. The van der Waals surface area contributed by atoms with Crippen LogP contribution in [0.4, 0.5) is 0 Å². The van der Waals surface area contributed by atoms with E-state index in [1.165, 1.54) is 9.25 Å². The zero-order valence-electron chi connectivity index (χ0n) is 15.1. The van der Waals surface area contributed by atoms with Gasteiger partial charge in [-0.15, -0.1) is 5.10 Å². The molecule has 0 fully saturated rings. The smallest absolute Gasteiger partial charge is 0.351 e. The highest BCUT2D eigenvalue weighted by atomic mass is 35.5. The van der Waals surface area contributed by atoms with Gasteiger partial charge in [0, 0.05) is 12.1 Å². The summed E-state index contributed by atoms with van der Waals surface area (Å²) in [6, 6.07) is 16.3. The van der Waals surface area contributed by atoms with Gasteiger partial charge in [0.25, 0.3) is 0 Å². The number of unbranched alkanes of at least 4 members (excludes halogenated alkanes) is 1. The summed E-state index contributed by atoms with van der Waals surface area (Å²) in [5.74, 6) is 0.201. The van der Waals surface area contributed by atoms with Crippen molar-refractivity contribution in [2.45, 2.75) is 26.3 Å². The molecule has 0 radical (unpaired) electrons. The van der Waals surface area contributed by atoms with Crippen LogP contribution in [0.3, 0.4) is 0 Å². The Morgan fingerprint density at radius 2 is 1.81 bits per heavy atom. The number of para-hydroxylation sites is 1. The Balaban J connectivity index is 2.04. The second kappa shape index (κ2) is 8.68. The second-order valence-electron chi connectivity index (χ2n) is 6.13. The number of aromatic nitrogens is 3. The summed E-state index contributed by atoms with van der Waals surface area (Å²) in [7, 11) is 0. The van der Waals surface area contributed by atoms with E-state index in [1.54, 1.807) is 24.3 Å². The van der Waals surface area contributed by atoms with Gasteiger partial charge >= 0.3 is 5.69 Å². The van der Waals surface area contributed by atoms with Crippen molar-refractivity contribution in [1.82, 2.24) is 19.7 Å². The number of halogens is 1. The van der Waals surface area contributed by atoms with Crippen molar-refractivity contribution in [3.8, 4) is 17.1 Å². The lowest BCUT2D eigenvalue weighted by Gasteiger charge is -2.07. The molecule has 27 heavy (non-hydrogen) atoms. The highest BCUT2D eigenvalue weighted by molar-refractivity contribution is 6.32. The third kappa shape index (κ3) is 4.28. The van der Waals surface area contributed by atoms with E-state index in [0.29, 0.717) is 23.1 Å². The lowest BCUT2D eigenvalue weighted by molar-refractivity contribution is -0.121. The van der Waals surface area contributed by atoms with E-state index in [-0.39, 0.29) is 12.5 Å². The number of hydrogen-bond donors (Lipinski definition) is 1. The fourth-order valence-electron chi connectivity index (χ4n) is 2.72. The Hall–Kier alpha value is -2.86. The average Bonchev–Trinajstić information content (AvgIpc) is 2.99. The van der Waals surface area contributed by atoms with Crippen LogP contribution in [0.15, 0.2) is 59.4 Å². The second-order valence-corrected chi connectivity index (χ2v) is 6.53. The summed E-state index contributed by atoms with van der Waals surface area (Å²) in [6.45, 7) is 2.54. The molecule has 140 valence electrons. The Morgan fingerprint density at radius 1 is 1.11 bits per heavy atom. The summed E-state index contributed by atoms with van der Waals surface area (Å²) in [5, 5.41) is 7.71. The molecule has 1 N–H and O–H groups in total. The molecule has 3 rings (SSSR count). The standard InChI is InChI=1S/C20H21ClN4O2/c1-2-3-13-22-18(26)14-24-19(15-9-5-4-6-10-15)23-25(20(24)27)17-12-8-7-11-16(17)21/h4-12H,2-3,13-14H2,1H3,(H,22,26). The molecule has 0 bridgehead atoms. The van der Waals surface area contributed by atoms with Crippen LogP contribution in [-0.4, -0.2) is 26.8 Å². The number of rotatable bonds is 7. The van der Waals surface area contributed by atoms with Gasteiger partial charge in [0.1, 0.15) is 6.54 Å². The van der Waals surface area contributed by atoms with Gasteiger partial charge < -0.3 is 5.32 Å². The van der Waals surface area contributed by atoms with Gasteiger partial charge in [-0.2, -0.15) is 4.68 Å². The Labute approximate surface area is 162 Å². The van der Waals surface area contributed by atoms with E-state index in [2.05, 4.69) is 17.3 Å². The Kier molecular flexibility index (Phi) is 6.08. The third-order valence-electron chi connectivity index (χ3n) is 4.13. The first-order valence-corrected chi connectivity index (χ1v) is 9.26. The van der Waals surface area contributed by atoms with Crippen molar-refractivity contribution >= 4 is 17.5 Å². The van der Waals surface area contributed by atoms with Gasteiger partial charge in [0.2, 0.25) is 5.91 Å². The SMILES string of the molecule is CCCCNC(=O)Cn1c(-c2ccccc2)nn(-c2ccccc2Cl)c1=O. The first-order valence-electron chi connectivity index (χ1n) is 8.88. The van der Waals surface area contributed by atoms with Crippen LogP contribution in [0, 0.1) is 0 Å². The molecule has 1 amide bonds. The van der Waals surface area contributed by atoms with E-state index in [1.807, 2.05) is 30.3 Å². The first kappa shape index (κ1) is 18.9. The first-order chi connectivity index (χ1) is 13.1. The lowest BCUT2D eigenvalue weighted by Crippen LogP contribution is -2.33. The number of carbonyl (C=O) groups excluding carboxylic acids is 1. The number of nitrogens with one attached hydrogen (secondary N) is 1. The van der Waals surface area contributed by atoms with E-state index < -0.39 is 5.69 Å². The molecule has 0 atom stereocenters. The molecule has 3 aromatic rings. The predicted octanol–water partition coefficient (Wildman–Crippen LogP) is 3.27. The van der Waals surface area contributed by atoms with Gasteiger partial charge in [0.15, 0.2) is 5.82 Å². The van der Waals surface area contributed by atoms with E-state index in [4.69, 9.17) is 11.6 Å². The lowest BCUT2D eigenvalue weighted by atomic mass is 10.2. The summed E-state index contributed by atoms with van der Waals surface area (Å²) in [4.78, 5) is 25.3. The van der Waals surface area contributed by atoms with Crippen LogP contribution in [0.25, 0.3) is 17.1 Å². The average molecular weight is 385 g/mol. The molecule has 0 aliphatic heterocycles. The fourth-order valence-corrected chi connectivity index (χ4v) is 2.94. The summed E-state index contributed by atoms with van der Waals surface area (Å²) < 4.78 is 2.62. The predicted molar refractivity (Wildman–Crippen MR) is 106 cm³/mol. The zero-order valence-corrected chi connectivity index (χ0v) is 15.8. The van der Waals surface area contributed by atoms with Gasteiger partial charge in [-0.25, -0.2) is 4.79 Å². The topological polar surface area (TPSA) is 68.9 Å². The van der Waals surface area contributed by atoms with E-state index in [9.17, 15) is 9.59 Å². The molecular weight excluding hydrogens is 364 g/mol.